The molecule has 0 radical (unpaired) electrons. The van der Waals surface area contributed by atoms with Crippen LogP contribution in [0.15, 0.2) is 35.0 Å². The molecule has 2 rings (SSSR count). The summed E-state index contributed by atoms with van der Waals surface area (Å²) in [5, 5.41) is 7.02. The van der Waals surface area contributed by atoms with Crippen LogP contribution in [0.1, 0.15) is 28.4 Å². The Balaban J connectivity index is 1.98. The lowest BCUT2D eigenvalue weighted by Gasteiger charge is -2.13. The molecule has 19 heavy (non-hydrogen) atoms. The summed E-state index contributed by atoms with van der Waals surface area (Å²) in [4.78, 5) is 12.0. The monoisotopic (exact) mass is 277 g/mol. The van der Waals surface area contributed by atoms with Crippen LogP contribution < -0.4 is 5.32 Å². The average Bonchev–Trinajstić information content (AvgIpc) is 2.85. The van der Waals surface area contributed by atoms with E-state index in [0.717, 1.165) is 6.42 Å². The van der Waals surface area contributed by atoms with Gasteiger partial charge in [0, 0.05) is 11.6 Å². The van der Waals surface area contributed by atoms with Gasteiger partial charge < -0.3 is 5.32 Å². The van der Waals surface area contributed by atoms with Crippen LogP contribution in [0.5, 0.6) is 0 Å². The molecule has 1 aromatic heterocycles. The van der Waals surface area contributed by atoms with E-state index in [-0.39, 0.29) is 17.8 Å². The van der Waals surface area contributed by atoms with Crippen LogP contribution in [0.4, 0.5) is 4.39 Å². The van der Waals surface area contributed by atoms with Crippen molar-refractivity contribution in [2.45, 2.75) is 26.3 Å². The first-order chi connectivity index (χ1) is 9.06. The van der Waals surface area contributed by atoms with E-state index in [1.165, 1.54) is 17.7 Å². The molecule has 1 unspecified atom stereocenters. The highest BCUT2D eigenvalue weighted by molar-refractivity contribution is 7.07. The highest BCUT2D eigenvalue weighted by Crippen LogP contribution is 2.11. The lowest BCUT2D eigenvalue weighted by Crippen LogP contribution is -2.34. The topological polar surface area (TPSA) is 29.1 Å². The molecular formula is C15H16FNOS. The van der Waals surface area contributed by atoms with E-state index < -0.39 is 0 Å². The fraction of sp³-hybridized carbons (Fsp3) is 0.267. The Morgan fingerprint density at radius 2 is 2.21 bits per heavy atom. The molecular weight excluding hydrogens is 261 g/mol. The second-order valence-corrected chi connectivity index (χ2v) is 5.45. The summed E-state index contributed by atoms with van der Waals surface area (Å²) in [6.45, 7) is 3.62. The largest absolute Gasteiger partial charge is 0.349 e. The molecule has 1 heterocycles. The lowest BCUT2D eigenvalue weighted by atomic mass is 10.1. The van der Waals surface area contributed by atoms with Crippen molar-refractivity contribution in [2.24, 2.45) is 0 Å². The molecule has 0 fully saturated rings. The van der Waals surface area contributed by atoms with Gasteiger partial charge in [0.05, 0.1) is 0 Å². The quantitative estimate of drug-likeness (QED) is 0.909. The zero-order chi connectivity index (χ0) is 13.8. The number of carbonyl (C=O) groups is 1. The van der Waals surface area contributed by atoms with Gasteiger partial charge in [-0.25, -0.2) is 4.39 Å². The molecule has 0 saturated heterocycles. The van der Waals surface area contributed by atoms with Crippen molar-refractivity contribution in [2.75, 3.05) is 0 Å². The normalized spacial score (nSPS) is 12.2. The Kier molecular flexibility index (Phi) is 4.32. The Labute approximate surface area is 116 Å². The number of nitrogens with one attached hydrogen (secondary N) is 1. The van der Waals surface area contributed by atoms with Crippen LogP contribution in [0, 0.1) is 12.7 Å². The number of amides is 1. The molecule has 0 aliphatic carbocycles. The van der Waals surface area contributed by atoms with Gasteiger partial charge in [-0.1, -0.05) is 0 Å². The van der Waals surface area contributed by atoms with Gasteiger partial charge in [0.1, 0.15) is 5.82 Å². The van der Waals surface area contributed by atoms with Gasteiger partial charge in [-0.15, -0.1) is 0 Å². The van der Waals surface area contributed by atoms with Crippen LogP contribution >= 0.6 is 11.3 Å². The second-order valence-electron chi connectivity index (χ2n) is 4.67. The fourth-order valence-corrected chi connectivity index (χ4v) is 2.59. The summed E-state index contributed by atoms with van der Waals surface area (Å²) < 4.78 is 13.1. The summed E-state index contributed by atoms with van der Waals surface area (Å²) in [6.07, 6.45) is 0.801. The first-order valence-corrected chi connectivity index (χ1v) is 7.08. The van der Waals surface area contributed by atoms with Gasteiger partial charge in [-0.3, -0.25) is 4.79 Å². The molecule has 1 N–H and O–H groups in total. The number of hydrogen-bond acceptors (Lipinski definition) is 2. The third kappa shape index (κ3) is 3.64. The molecule has 0 aliphatic heterocycles. The summed E-state index contributed by atoms with van der Waals surface area (Å²) >= 11 is 1.65. The van der Waals surface area contributed by atoms with E-state index in [1.54, 1.807) is 24.3 Å². The van der Waals surface area contributed by atoms with Crippen molar-refractivity contribution in [3.63, 3.8) is 0 Å². The Bertz CT molecular complexity index is 566. The third-order valence-electron chi connectivity index (χ3n) is 2.92. The van der Waals surface area contributed by atoms with Gasteiger partial charge in [-0.2, -0.15) is 11.3 Å². The zero-order valence-electron chi connectivity index (χ0n) is 10.9. The first-order valence-electron chi connectivity index (χ1n) is 6.14. The fourth-order valence-electron chi connectivity index (χ4n) is 1.91. The maximum absolute atomic E-state index is 13.1. The molecule has 1 amide bonds. The standard InChI is InChI=1S/C15H16FNOS/c1-10-7-13(3-4-14(10)16)15(18)17-11(2)8-12-5-6-19-9-12/h3-7,9,11H,8H2,1-2H3,(H,17,18). The maximum atomic E-state index is 13.1. The minimum Gasteiger partial charge on any atom is -0.349 e. The summed E-state index contributed by atoms with van der Waals surface area (Å²) in [7, 11) is 0. The number of benzene rings is 1. The van der Waals surface area contributed by atoms with E-state index in [1.807, 2.05) is 12.3 Å². The Morgan fingerprint density at radius 3 is 2.84 bits per heavy atom. The Hall–Kier alpha value is -1.68. The zero-order valence-corrected chi connectivity index (χ0v) is 11.8. The summed E-state index contributed by atoms with van der Waals surface area (Å²) in [6, 6.07) is 6.51. The van der Waals surface area contributed by atoms with Crippen LogP contribution in [0.2, 0.25) is 0 Å². The molecule has 2 nitrogen and oxygen atoms in total. The predicted molar refractivity (Wildman–Crippen MR) is 76.1 cm³/mol. The molecule has 4 heteroatoms. The van der Waals surface area contributed by atoms with Crippen molar-refractivity contribution >= 4 is 17.2 Å². The highest BCUT2D eigenvalue weighted by atomic mass is 32.1. The molecule has 0 aliphatic rings. The van der Waals surface area contributed by atoms with Crippen molar-refractivity contribution in [3.05, 3.63) is 57.5 Å². The van der Waals surface area contributed by atoms with E-state index in [9.17, 15) is 9.18 Å². The van der Waals surface area contributed by atoms with Gasteiger partial charge in [-0.05, 0) is 66.4 Å². The van der Waals surface area contributed by atoms with Crippen molar-refractivity contribution < 1.29 is 9.18 Å². The molecule has 100 valence electrons. The van der Waals surface area contributed by atoms with Crippen LogP contribution in [-0.2, 0) is 6.42 Å². The SMILES string of the molecule is Cc1cc(C(=O)NC(C)Cc2ccsc2)ccc1F. The summed E-state index contributed by atoms with van der Waals surface area (Å²) in [5.41, 5.74) is 2.20. The van der Waals surface area contributed by atoms with Gasteiger partial charge in [0.2, 0.25) is 0 Å². The number of hydrogen-bond donors (Lipinski definition) is 1. The molecule has 1 atom stereocenters. The average molecular weight is 277 g/mol. The Morgan fingerprint density at radius 1 is 1.42 bits per heavy atom. The molecule has 0 saturated carbocycles. The highest BCUT2D eigenvalue weighted by Gasteiger charge is 2.11. The molecule has 2 aromatic rings. The first kappa shape index (κ1) is 13.7. The number of carbonyl (C=O) groups excluding carboxylic acids is 1. The van der Waals surface area contributed by atoms with Crippen molar-refractivity contribution in [1.29, 1.82) is 0 Å². The van der Waals surface area contributed by atoms with Crippen LogP contribution in [-0.4, -0.2) is 11.9 Å². The van der Waals surface area contributed by atoms with Gasteiger partial charge >= 0.3 is 0 Å². The van der Waals surface area contributed by atoms with Gasteiger partial charge in [0.15, 0.2) is 0 Å². The number of thiophene rings is 1. The van der Waals surface area contributed by atoms with Crippen molar-refractivity contribution in [1.82, 2.24) is 5.32 Å². The minimum atomic E-state index is -0.289. The summed E-state index contributed by atoms with van der Waals surface area (Å²) in [5.74, 6) is -0.450. The lowest BCUT2D eigenvalue weighted by molar-refractivity contribution is 0.0940. The van der Waals surface area contributed by atoms with E-state index in [4.69, 9.17) is 0 Å². The van der Waals surface area contributed by atoms with Crippen molar-refractivity contribution in [3.8, 4) is 0 Å². The smallest absolute Gasteiger partial charge is 0.251 e. The van der Waals surface area contributed by atoms with E-state index in [0.29, 0.717) is 11.1 Å². The van der Waals surface area contributed by atoms with Gasteiger partial charge in [0.25, 0.3) is 5.91 Å². The van der Waals surface area contributed by atoms with Crippen LogP contribution in [0.3, 0.4) is 0 Å². The molecule has 1 aromatic carbocycles. The molecule has 0 spiro atoms. The van der Waals surface area contributed by atoms with E-state index >= 15 is 0 Å². The maximum Gasteiger partial charge on any atom is 0.251 e. The van der Waals surface area contributed by atoms with E-state index in [2.05, 4.69) is 16.8 Å². The number of halogens is 1. The third-order valence-corrected chi connectivity index (χ3v) is 3.65. The predicted octanol–water partition coefficient (Wildman–Crippen LogP) is 3.56. The second kappa shape index (κ2) is 5.97. The van der Waals surface area contributed by atoms with Crippen LogP contribution in [0.25, 0.3) is 0 Å². The number of rotatable bonds is 4. The molecule has 0 bridgehead atoms. The minimum absolute atomic E-state index is 0.0486. The number of aryl methyl sites for hydroxylation is 1.